The van der Waals surface area contributed by atoms with Gasteiger partial charge in [0.25, 0.3) is 0 Å². The molecule has 0 amide bonds. The smallest absolute Gasteiger partial charge is 0.138 e. The van der Waals surface area contributed by atoms with E-state index >= 15 is 0 Å². The van der Waals surface area contributed by atoms with Gasteiger partial charge < -0.3 is 5.11 Å². The lowest BCUT2D eigenvalue weighted by atomic mass is 10.0. The standard InChI is InChI=1S/C15H9NOS/c16-9-18-15-13-8-4-2-6-11(13)10-5-1-3-7-12(10)14(15)17/h1-8,17H. The highest BCUT2D eigenvalue weighted by molar-refractivity contribution is 8.04. The van der Waals surface area contributed by atoms with Crippen molar-refractivity contribution in [2.75, 3.05) is 0 Å². The Kier molecular flexibility index (Phi) is 2.58. The maximum atomic E-state index is 10.3. The van der Waals surface area contributed by atoms with Crippen LogP contribution >= 0.6 is 11.8 Å². The van der Waals surface area contributed by atoms with Crippen molar-refractivity contribution >= 4 is 33.3 Å². The first kappa shape index (κ1) is 10.9. The molecule has 1 N–H and O–H groups in total. The fourth-order valence-electron chi connectivity index (χ4n) is 2.24. The van der Waals surface area contributed by atoms with Crippen molar-refractivity contribution < 1.29 is 5.11 Å². The van der Waals surface area contributed by atoms with Crippen LogP contribution in [-0.2, 0) is 0 Å². The Hall–Kier alpha value is -2.18. The molecule has 0 atom stereocenters. The number of phenolic OH excluding ortho intramolecular Hbond substituents is 1. The van der Waals surface area contributed by atoms with Gasteiger partial charge in [-0.3, -0.25) is 0 Å². The Balaban J connectivity index is 2.58. The van der Waals surface area contributed by atoms with Gasteiger partial charge in [0.15, 0.2) is 0 Å². The molecule has 86 valence electrons. The number of fused-ring (bicyclic) bond motifs is 3. The quantitative estimate of drug-likeness (QED) is 0.399. The third-order valence-electron chi connectivity index (χ3n) is 3.01. The summed E-state index contributed by atoms with van der Waals surface area (Å²) < 4.78 is 0. The molecule has 18 heavy (non-hydrogen) atoms. The summed E-state index contributed by atoms with van der Waals surface area (Å²) in [5.74, 6) is 0.191. The molecule has 0 aliphatic carbocycles. The number of thioether (sulfide) groups is 1. The first-order valence-corrected chi connectivity index (χ1v) is 6.33. The van der Waals surface area contributed by atoms with Gasteiger partial charge in [-0.15, -0.1) is 0 Å². The number of hydrogen-bond acceptors (Lipinski definition) is 3. The second-order valence-electron chi connectivity index (χ2n) is 3.96. The summed E-state index contributed by atoms with van der Waals surface area (Å²) in [4.78, 5) is 0.631. The molecule has 0 aromatic heterocycles. The number of phenols is 1. The average molecular weight is 251 g/mol. The van der Waals surface area contributed by atoms with Crippen molar-refractivity contribution in [2.45, 2.75) is 4.90 Å². The van der Waals surface area contributed by atoms with Crippen LogP contribution in [0.2, 0.25) is 0 Å². The molecule has 0 aliphatic rings. The first-order chi connectivity index (χ1) is 8.83. The third-order valence-corrected chi connectivity index (χ3v) is 3.72. The summed E-state index contributed by atoms with van der Waals surface area (Å²) in [6.07, 6.45) is 0. The molecule has 0 unspecified atom stereocenters. The zero-order valence-corrected chi connectivity index (χ0v) is 10.2. The lowest BCUT2D eigenvalue weighted by Gasteiger charge is -2.10. The van der Waals surface area contributed by atoms with Gasteiger partial charge in [-0.1, -0.05) is 48.5 Å². The van der Waals surface area contributed by atoms with Gasteiger partial charge in [0, 0.05) is 10.8 Å². The van der Waals surface area contributed by atoms with E-state index in [0.29, 0.717) is 4.90 Å². The Bertz CT molecular complexity index is 789. The number of thiocyanates is 1. The average Bonchev–Trinajstić information content (AvgIpc) is 2.43. The van der Waals surface area contributed by atoms with Crippen LogP contribution in [0, 0.1) is 10.7 Å². The fourth-order valence-corrected chi connectivity index (χ4v) is 2.83. The van der Waals surface area contributed by atoms with Gasteiger partial charge in [0.05, 0.1) is 4.90 Å². The molecule has 3 aromatic carbocycles. The summed E-state index contributed by atoms with van der Waals surface area (Å²) in [5.41, 5.74) is 0. The van der Waals surface area contributed by atoms with Crippen LogP contribution in [-0.4, -0.2) is 5.11 Å². The maximum Gasteiger partial charge on any atom is 0.138 e. The van der Waals surface area contributed by atoms with E-state index in [1.165, 1.54) is 0 Å². The second-order valence-corrected chi connectivity index (χ2v) is 4.76. The molecule has 0 aliphatic heterocycles. The molecule has 0 heterocycles. The van der Waals surface area contributed by atoms with Crippen LogP contribution in [0.3, 0.4) is 0 Å². The molecule has 0 bridgehead atoms. The van der Waals surface area contributed by atoms with E-state index in [2.05, 4.69) is 0 Å². The van der Waals surface area contributed by atoms with Gasteiger partial charge in [-0.2, -0.15) is 5.26 Å². The van der Waals surface area contributed by atoms with Gasteiger partial charge in [-0.25, -0.2) is 0 Å². The van der Waals surface area contributed by atoms with E-state index in [1.807, 2.05) is 53.9 Å². The molecule has 0 spiro atoms. The van der Waals surface area contributed by atoms with Gasteiger partial charge in [0.2, 0.25) is 0 Å². The van der Waals surface area contributed by atoms with Crippen LogP contribution in [0.1, 0.15) is 0 Å². The molecular weight excluding hydrogens is 242 g/mol. The molecule has 3 rings (SSSR count). The number of hydrogen-bond donors (Lipinski definition) is 1. The fraction of sp³-hybridized carbons (Fsp3) is 0. The molecule has 0 radical (unpaired) electrons. The summed E-state index contributed by atoms with van der Waals surface area (Å²) >= 11 is 1.00. The van der Waals surface area contributed by atoms with Crippen LogP contribution in [0.25, 0.3) is 21.5 Å². The predicted molar refractivity (Wildman–Crippen MR) is 74.6 cm³/mol. The number of rotatable bonds is 1. The second kappa shape index (κ2) is 4.25. The molecule has 3 aromatic rings. The Labute approximate surface area is 108 Å². The molecular formula is C15H9NOS. The number of nitriles is 1. The highest BCUT2D eigenvalue weighted by Crippen LogP contribution is 2.42. The van der Waals surface area contributed by atoms with Gasteiger partial charge in [0.1, 0.15) is 11.2 Å². The zero-order valence-electron chi connectivity index (χ0n) is 9.42. The lowest BCUT2D eigenvalue weighted by Crippen LogP contribution is -1.83. The minimum atomic E-state index is 0.191. The summed E-state index contributed by atoms with van der Waals surface area (Å²) in [6.45, 7) is 0. The summed E-state index contributed by atoms with van der Waals surface area (Å²) in [7, 11) is 0. The molecule has 0 saturated heterocycles. The van der Waals surface area contributed by atoms with E-state index in [-0.39, 0.29) is 5.75 Å². The Morgan fingerprint density at radius 1 is 0.833 bits per heavy atom. The molecule has 0 saturated carbocycles. The van der Waals surface area contributed by atoms with E-state index < -0.39 is 0 Å². The van der Waals surface area contributed by atoms with Crippen LogP contribution in [0.15, 0.2) is 53.4 Å². The normalized spacial score (nSPS) is 10.6. The van der Waals surface area contributed by atoms with Crippen molar-refractivity contribution in [1.29, 1.82) is 5.26 Å². The highest BCUT2D eigenvalue weighted by Gasteiger charge is 2.13. The Morgan fingerprint density at radius 2 is 1.33 bits per heavy atom. The number of aromatic hydroxyl groups is 1. The Morgan fingerprint density at radius 3 is 1.94 bits per heavy atom. The zero-order chi connectivity index (χ0) is 12.5. The van der Waals surface area contributed by atoms with Crippen LogP contribution < -0.4 is 0 Å². The molecule has 3 heteroatoms. The minimum Gasteiger partial charge on any atom is -0.506 e. The van der Waals surface area contributed by atoms with Crippen molar-refractivity contribution in [3.63, 3.8) is 0 Å². The van der Waals surface area contributed by atoms with E-state index in [0.717, 1.165) is 33.3 Å². The van der Waals surface area contributed by atoms with Crippen LogP contribution in [0.5, 0.6) is 5.75 Å². The third kappa shape index (κ3) is 1.51. The maximum absolute atomic E-state index is 10.3. The topological polar surface area (TPSA) is 44.0 Å². The van der Waals surface area contributed by atoms with Crippen molar-refractivity contribution in [2.24, 2.45) is 0 Å². The number of nitrogens with zero attached hydrogens (tertiary/aromatic N) is 1. The molecule has 2 nitrogen and oxygen atoms in total. The van der Waals surface area contributed by atoms with E-state index in [9.17, 15) is 5.11 Å². The monoisotopic (exact) mass is 251 g/mol. The lowest BCUT2D eigenvalue weighted by molar-refractivity contribution is 0.471. The number of benzene rings is 3. The SMILES string of the molecule is N#CSc1c(O)c2ccccc2c2ccccc12. The van der Waals surface area contributed by atoms with Crippen molar-refractivity contribution in [3.8, 4) is 11.2 Å². The summed E-state index contributed by atoms with van der Waals surface area (Å²) in [5, 5.41) is 25.0. The van der Waals surface area contributed by atoms with Crippen LogP contribution in [0.4, 0.5) is 0 Å². The van der Waals surface area contributed by atoms with Gasteiger partial charge in [-0.05, 0) is 22.5 Å². The molecule has 0 fully saturated rings. The first-order valence-electron chi connectivity index (χ1n) is 5.51. The summed E-state index contributed by atoms with van der Waals surface area (Å²) in [6, 6.07) is 15.5. The van der Waals surface area contributed by atoms with Crippen molar-refractivity contribution in [1.82, 2.24) is 0 Å². The largest absolute Gasteiger partial charge is 0.506 e. The predicted octanol–water partition coefficient (Wildman–Crippen LogP) is 4.27. The minimum absolute atomic E-state index is 0.191. The van der Waals surface area contributed by atoms with Crippen molar-refractivity contribution in [3.05, 3.63) is 48.5 Å². The van der Waals surface area contributed by atoms with Gasteiger partial charge >= 0.3 is 0 Å². The highest BCUT2D eigenvalue weighted by atomic mass is 32.2. The van der Waals surface area contributed by atoms with E-state index in [1.54, 1.807) is 0 Å². The van der Waals surface area contributed by atoms with E-state index in [4.69, 9.17) is 5.26 Å².